The van der Waals surface area contributed by atoms with E-state index in [2.05, 4.69) is 17.2 Å². The third kappa shape index (κ3) is 4.03. The minimum atomic E-state index is -0.237. The fraction of sp³-hybridized carbons (Fsp3) is 0.350. The van der Waals surface area contributed by atoms with E-state index < -0.39 is 0 Å². The Kier molecular flexibility index (Phi) is 5.91. The molecule has 0 spiro atoms. The zero-order valence-electron chi connectivity index (χ0n) is 15.7. The Bertz CT molecular complexity index is 1010. The first-order valence-electron chi connectivity index (χ1n) is 9.07. The van der Waals surface area contributed by atoms with E-state index in [0.29, 0.717) is 39.5 Å². The van der Waals surface area contributed by atoms with Crippen LogP contribution in [0.5, 0.6) is 5.75 Å². The number of carbonyl (C=O) groups excluding carboxylic acids is 1. The molecule has 0 bridgehead atoms. The van der Waals surface area contributed by atoms with Crippen LogP contribution < -0.4 is 15.6 Å². The zero-order chi connectivity index (χ0) is 19.4. The van der Waals surface area contributed by atoms with Gasteiger partial charge in [0.25, 0.3) is 11.5 Å². The summed E-state index contributed by atoms with van der Waals surface area (Å²) in [6.07, 6.45) is 3.49. The van der Waals surface area contributed by atoms with Gasteiger partial charge in [0.05, 0.1) is 23.2 Å². The van der Waals surface area contributed by atoms with E-state index in [1.54, 1.807) is 30.0 Å². The standard InChI is InChI=1S/C20H23N3O3S/c1-4-6-11-23-12-21-19-16(20(23)25)13(3)17(27-19)18(24)22-14-7-9-15(10-8-14)26-5-2/h7-10,12H,4-6,11H2,1-3H3,(H,22,24). The van der Waals surface area contributed by atoms with Crippen molar-refractivity contribution in [2.24, 2.45) is 0 Å². The van der Waals surface area contributed by atoms with Gasteiger partial charge in [0.1, 0.15) is 10.6 Å². The summed E-state index contributed by atoms with van der Waals surface area (Å²) in [6, 6.07) is 7.21. The van der Waals surface area contributed by atoms with E-state index in [0.717, 1.165) is 18.6 Å². The Morgan fingerprint density at radius 3 is 2.67 bits per heavy atom. The van der Waals surface area contributed by atoms with Crippen molar-refractivity contribution in [2.45, 2.75) is 40.2 Å². The van der Waals surface area contributed by atoms with E-state index >= 15 is 0 Å². The van der Waals surface area contributed by atoms with Gasteiger partial charge in [-0.15, -0.1) is 11.3 Å². The highest BCUT2D eigenvalue weighted by Crippen LogP contribution is 2.28. The van der Waals surface area contributed by atoms with E-state index in [1.807, 2.05) is 19.1 Å². The molecule has 1 amide bonds. The average molecular weight is 385 g/mol. The topological polar surface area (TPSA) is 73.2 Å². The van der Waals surface area contributed by atoms with Crippen LogP contribution in [0.4, 0.5) is 5.69 Å². The van der Waals surface area contributed by atoms with Crippen LogP contribution in [-0.2, 0) is 6.54 Å². The van der Waals surface area contributed by atoms with Gasteiger partial charge in [0.15, 0.2) is 0 Å². The van der Waals surface area contributed by atoms with Crippen molar-refractivity contribution in [1.82, 2.24) is 9.55 Å². The molecule has 0 saturated carbocycles. The van der Waals surface area contributed by atoms with Crippen LogP contribution in [0.2, 0.25) is 0 Å². The van der Waals surface area contributed by atoms with Gasteiger partial charge >= 0.3 is 0 Å². The highest BCUT2D eigenvalue weighted by molar-refractivity contribution is 7.20. The van der Waals surface area contributed by atoms with Crippen LogP contribution in [0.25, 0.3) is 10.2 Å². The van der Waals surface area contributed by atoms with Gasteiger partial charge in [-0.2, -0.15) is 0 Å². The SMILES string of the molecule is CCCCn1cnc2sc(C(=O)Nc3ccc(OCC)cc3)c(C)c2c1=O. The second-order valence-corrected chi connectivity index (χ2v) is 7.24. The summed E-state index contributed by atoms with van der Waals surface area (Å²) in [7, 11) is 0. The van der Waals surface area contributed by atoms with Crippen LogP contribution >= 0.6 is 11.3 Å². The van der Waals surface area contributed by atoms with Gasteiger partial charge in [0.2, 0.25) is 0 Å². The van der Waals surface area contributed by atoms with E-state index in [9.17, 15) is 9.59 Å². The van der Waals surface area contributed by atoms with Crippen molar-refractivity contribution in [3.8, 4) is 5.75 Å². The molecule has 6 nitrogen and oxygen atoms in total. The fourth-order valence-electron chi connectivity index (χ4n) is 2.85. The van der Waals surface area contributed by atoms with Crippen molar-refractivity contribution >= 4 is 33.1 Å². The summed E-state index contributed by atoms with van der Waals surface area (Å²) in [5, 5.41) is 3.41. The summed E-state index contributed by atoms with van der Waals surface area (Å²) >= 11 is 1.25. The molecule has 0 aliphatic rings. The number of unbranched alkanes of at least 4 members (excludes halogenated alkanes) is 1. The molecule has 0 fully saturated rings. The fourth-order valence-corrected chi connectivity index (χ4v) is 3.89. The van der Waals surface area contributed by atoms with Gasteiger partial charge in [-0.1, -0.05) is 13.3 Å². The van der Waals surface area contributed by atoms with Crippen LogP contribution in [0.15, 0.2) is 35.4 Å². The third-order valence-electron chi connectivity index (χ3n) is 4.30. The van der Waals surface area contributed by atoms with Gasteiger partial charge in [-0.25, -0.2) is 4.98 Å². The molecule has 27 heavy (non-hydrogen) atoms. The van der Waals surface area contributed by atoms with Crippen LogP contribution in [0, 0.1) is 6.92 Å². The molecule has 0 unspecified atom stereocenters. The second-order valence-electron chi connectivity index (χ2n) is 6.24. The molecule has 1 N–H and O–H groups in total. The van der Waals surface area contributed by atoms with Crippen molar-refractivity contribution in [3.63, 3.8) is 0 Å². The molecule has 0 radical (unpaired) electrons. The molecule has 7 heteroatoms. The number of fused-ring (bicyclic) bond motifs is 1. The van der Waals surface area contributed by atoms with Crippen LogP contribution in [-0.4, -0.2) is 22.1 Å². The zero-order valence-corrected chi connectivity index (χ0v) is 16.6. The Labute approximate surface area is 161 Å². The van der Waals surface area contributed by atoms with Crippen molar-refractivity contribution in [1.29, 1.82) is 0 Å². The second kappa shape index (κ2) is 8.35. The number of carbonyl (C=O) groups is 1. The maximum Gasteiger partial charge on any atom is 0.266 e. The Morgan fingerprint density at radius 1 is 1.26 bits per heavy atom. The lowest BCUT2D eigenvalue weighted by molar-refractivity contribution is 0.103. The van der Waals surface area contributed by atoms with E-state index in [-0.39, 0.29) is 11.5 Å². The van der Waals surface area contributed by atoms with E-state index in [4.69, 9.17) is 4.74 Å². The summed E-state index contributed by atoms with van der Waals surface area (Å²) < 4.78 is 7.03. The smallest absolute Gasteiger partial charge is 0.266 e. The monoisotopic (exact) mass is 385 g/mol. The number of benzene rings is 1. The number of amides is 1. The molecule has 0 saturated heterocycles. The first-order valence-corrected chi connectivity index (χ1v) is 9.89. The predicted molar refractivity (Wildman–Crippen MR) is 109 cm³/mol. The maximum atomic E-state index is 12.7. The summed E-state index contributed by atoms with van der Waals surface area (Å²) in [4.78, 5) is 30.9. The molecule has 2 aromatic heterocycles. The van der Waals surface area contributed by atoms with Gasteiger partial charge in [-0.3, -0.25) is 14.2 Å². The molecule has 2 heterocycles. The van der Waals surface area contributed by atoms with Gasteiger partial charge in [-0.05, 0) is 50.1 Å². The number of nitrogens with zero attached hydrogens (tertiary/aromatic N) is 2. The predicted octanol–water partition coefficient (Wildman–Crippen LogP) is 4.22. The number of ether oxygens (including phenoxy) is 1. The van der Waals surface area contributed by atoms with Gasteiger partial charge in [0, 0.05) is 12.2 Å². The van der Waals surface area contributed by atoms with Gasteiger partial charge < -0.3 is 10.1 Å². The Balaban J connectivity index is 1.87. The minimum absolute atomic E-state index is 0.0812. The first kappa shape index (κ1) is 19.1. The number of aromatic nitrogens is 2. The third-order valence-corrected chi connectivity index (χ3v) is 5.50. The number of hydrogen-bond acceptors (Lipinski definition) is 5. The lowest BCUT2D eigenvalue weighted by Gasteiger charge is -2.06. The molecule has 0 aliphatic carbocycles. The molecule has 1 aromatic carbocycles. The number of nitrogens with one attached hydrogen (secondary N) is 1. The molecule has 0 aliphatic heterocycles. The quantitative estimate of drug-likeness (QED) is 0.661. The summed E-state index contributed by atoms with van der Waals surface area (Å²) in [5.41, 5.74) is 1.28. The molecule has 3 aromatic rings. The van der Waals surface area contributed by atoms with E-state index in [1.165, 1.54) is 11.3 Å². The highest BCUT2D eigenvalue weighted by Gasteiger charge is 2.19. The van der Waals surface area contributed by atoms with Crippen molar-refractivity contribution in [3.05, 3.63) is 51.4 Å². The first-order chi connectivity index (χ1) is 13.0. The van der Waals surface area contributed by atoms with Crippen LogP contribution in [0.1, 0.15) is 41.9 Å². The lowest BCUT2D eigenvalue weighted by atomic mass is 10.2. The molecular weight excluding hydrogens is 362 g/mol. The molecule has 3 rings (SSSR count). The molecular formula is C20H23N3O3S. The Hall–Kier alpha value is -2.67. The summed E-state index contributed by atoms with van der Waals surface area (Å²) in [5.74, 6) is 0.518. The average Bonchev–Trinajstić information content (AvgIpc) is 3.00. The number of aryl methyl sites for hydroxylation is 2. The van der Waals surface area contributed by atoms with Crippen LogP contribution in [0.3, 0.4) is 0 Å². The molecule has 0 atom stereocenters. The highest BCUT2D eigenvalue weighted by atomic mass is 32.1. The minimum Gasteiger partial charge on any atom is -0.494 e. The summed E-state index contributed by atoms with van der Waals surface area (Å²) in [6.45, 7) is 7.04. The normalized spacial score (nSPS) is 10.9. The largest absolute Gasteiger partial charge is 0.494 e. The molecule has 142 valence electrons. The lowest BCUT2D eigenvalue weighted by Crippen LogP contribution is -2.20. The number of anilines is 1. The number of thiophene rings is 1. The van der Waals surface area contributed by atoms with Crippen molar-refractivity contribution in [2.75, 3.05) is 11.9 Å². The van der Waals surface area contributed by atoms with Crippen molar-refractivity contribution < 1.29 is 9.53 Å². The Morgan fingerprint density at radius 2 is 2.00 bits per heavy atom. The maximum absolute atomic E-state index is 12.7. The number of hydrogen-bond donors (Lipinski definition) is 1. The number of rotatable bonds is 7.